The molecule has 26 heavy (non-hydrogen) atoms. The Morgan fingerprint density at radius 2 is 2.00 bits per heavy atom. The van der Waals surface area contributed by atoms with Gasteiger partial charge in [-0.1, -0.05) is 6.92 Å². The van der Waals surface area contributed by atoms with Gasteiger partial charge in [-0.25, -0.2) is 8.42 Å². The fraction of sp³-hybridized carbons (Fsp3) is 0.706. The summed E-state index contributed by atoms with van der Waals surface area (Å²) >= 11 is 0. The lowest BCUT2D eigenvalue weighted by Crippen LogP contribution is -2.52. The molecule has 3 heterocycles. The van der Waals surface area contributed by atoms with Crippen molar-refractivity contribution in [3.63, 3.8) is 0 Å². The number of carbonyl (C=O) groups excluding carboxylic acids is 1. The van der Waals surface area contributed by atoms with Crippen LogP contribution in [0.15, 0.2) is 17.2 Å². The van der Waals surface area contributed by atoms with Crippen molar-refractivity contribution in [3.05, 3.63) is 18.0 Å². The highest BCUT2D eigenvalue weighted by Crippen LogP contribution is 2.25. The van der Waals surface area contributed by atoms with Crippen molar-refractivity contribution in [1.82, 2.24) is 19.1 Å². The van der Waals surface area contributed by atoms with Crippen LogP contribution in [0.25, 0.3) is 0 Å². The second kappa shape index (κ2) is 8.29. The quantitative estimate of drug-likeness (QED) is 0.824. The molecule has 1 aromatic rings. The molecule has 9 heteroatoms. The van der Waals surface area contributed by atoms with Gasteiger partial charge in [0, 0.05) is 52.0 Å². The Labute approximate surface area is 162 Å². The minimum absolute atomic E-state index is 0. The third-order valence-electron chi connectivity index (χ3n) is 5.22. The average molecular weight is 405 g/mol. The van der Waals surface area contributed by atoms with E-state index in [2.05, 4.69) is 12.2 Å². The molecule has 0 aromatic carbocycles. The van der Waals surface area contributed by atoms with Crippen LogP contribution in [0.3, 0.4) is 0 Å². The number of hydrogen-bond acceptors (Lipinski definition) is 4. The van der Waals surface area contributed by atoms with E-state index >= 15 is 0 Å². The molecule has 0 spiro atoms. The predicted octanol–water partition coefficient (Wildman–Crippen LogP) is 1.30. The molecule has 1 N–H and O–H groups in total. The molecule has 3 rings (SSSR count). The van der Waals surface area contributed by atoms with Crippen LogP contribution in [0.2, 0.25) is 0 Å². The highest BCUT2D eigenvalue weighted by atomic mass is 35.5. The van der Waals surface area contributed by atoms with Gasteiger partial charge in [0.05, 0.1) is 0 Å². The molecule has 0 bridgehead atoms. The first-order chi connectivity index (χ1) is 11.8. The maximum atomic E-state index is 12.9. The molecule has 1 aromatic heterocycles. The molecule has 2 aliphatic heterocycles. The number of hydrogen-bond donors (Lipinski definition) is 1. The summed E-state index contributed by atoms with van der Waals surface area (Å²) in [4.78, 5) is 14.9. The Bertz CT molecular complexity index is 749. The molecule has 2 fully saturated rings. The lowest BCUT2D eigenvalue weighted by molar-refractivity contribution is 0.0646. The van der Waals surface area contributed by atoms with Crippen LogP contribution in [0.5, 0.6) is 0 Å². The Balaban J connectivity index is 0.00000243. The third-order valence-corrected chi connectivity index (χ3v) is 7.05. The third kappa shape index (κ3) is 4.08. The van der Waals surface area contributed by atoms with Crippen molar-refractivity contribution in [2.75, 3.05) is 32.7 Å². The number of nitrogens with one attached hydrogen (secondary N) is 1. The summed E-state index contributed by atoms with van der Waals surface area (Å²) in [5.41, 5.74) is 0.428. The molecule has 2 saturated heterocycles. The number of halogens is 1. The van der Waals surface area contributed by atoms with Gasteiger partial charge in [-0.2, -0.15) is 4.31 Å². The summed E-state index contributed by atoms with van der Waals surface area (Å²) in [5, 5.41) is 3.26. The van der Waals surface area contributed by atoms with Crippen molar-refractivity contribution in [3.8, 4) is 0 Å². The predicted molar refractivity (Wildman–Crippen MR) is 103 cm³/mol. The van der Waals surface area contributed by atoms with Crippen molar-refractivity contribution in [1.29, 1.82) is 0 Å². The Hall–Kier alpha value is -1.09. The minimum atomic E-state index is -3.54. The summed E-state index contributed by atoms with van der Waals surface area (Å²) in [7, 11) is -1.81. The first-order valence-electron chi connectivity index (χ1n) is 8.99. The van der Waals surface area contributed by atoms with Crippen LogP contribution in [-0.4, -0.2) is 66.9 Å². The van der Waals surface area contributed by atoms with E-state index in [1.54, 1.807) is 22.1 Å². The van der Waals surface area contributed by atoms with Crippen molar-refractivity contribution in [2.24, 2.45) is 13.0 Å². The second-order valence-corrected chi connectivity index (χ2v) is 9.27. The number of amides is 1. The van der Waals surface area contributed by atoms with E-state index in [0.29, 0.717) is 31.2 Å². The van der Waals surface area contributed by atoms with Gasteiger partial charge in [-0.3, -0.25) is 4.79 Å². The molecule has 0 aliphatic carbocycles. The Kier molecular flexibility index (Phi) is 6.76. The number of piperazine rings is 1. The number of sulfonamides is 1. The normalized spacial score (nSPS) is 25.0. The Morgan fingerprint density at radius 1 is 1.27 bits per heavy atom. The second-order valence-electron chi connectivity index (χ2n) is 7.33. The van der Waals surface area contributed by atoms with Gasteiger partial charge in [-0.15, -0.1) is 12.4 Å². The first-order valence-corrected chi connectivity index (χ1v) is 10.4. The van der Waals surface area contributed by atoms with Gasteiger partial charge < -0.3 is 14.8 Å². The molecule has 2 unspecified atom stereocenters. The Morgan fingerprint density at radius 3 is 2.65 bits per heavy atom. The van der Waals surface area contributed by atoms with Crippen molar-refractivity contribution < 1.29 is 13.2 Å². The van der Waals surface area contributed by atoms with E-state index in [1.807, 2.05) is 11.8 Å². The monoisotopic (exact) mass is 404 g/mol. The zero-order chi connectivity index (χ0) is 18.2. The van der Waals surface area contributed by atoms with Gasteiger partial charge >= 0.3 is 0 Å². The van der Waals surface area contributed by atoms with Crippen LogP contribution < -0.4 is 5.32 Å². The maximum Gasteiger partial charge on any atom is 0.270 e. The molecular weight excluding hydrogens is 376 g/mol. The topological polar surface area (TPSA) is 74.7 Å². The van der Waals surface area contributed by atoms with E-state index in [4.69, 9.17) is 0 Å². The molecule has 1 amide bonds. The van der Waals surface area contributed by atoms with Crippen LogP contribution >= 0.6 is 12.4 Å². The molecular formula is C17H29ClN4O3S. The van der Waals surface area contributed by atoms with Crippen LogP contribution in [0, 0.1) is 5.92 Å². The van der Waals surface area contributed by atoms with Crippen molar-refractivity contribution in [2.45, 2.75) is 37.6 Å². The zero-order valence-corrected chi connectivity index (χ0v) is 17.3. The first kappa shape index (κ1) is 21.2. The number of nitrogens with zero attached hydrogens (tertiary/aromatic N) is 3. The zero-order valence-electron chi connectivity index (χ0n) is 15.6. The number of aromatic nitrogens is 1. The number of carbonyl (C=O) groups is 1. The van der Waals surface area contributed by atoms with Gasteiger partial charge in [-0.05, 0) is 31.7 Å². The van der Waals surface area contributed by atoms with Crippen LogP contribution in [-0.2, 0) is 17.1 Å². The summed E-state index contributed by atoms with van der Waals surface area (Å²) in [6.45, 7) is 7.34. The average Bonchev–Trinajstić information content (AvgIpc) is 2.97. The summed E-state index contributed by atoms with van der Waals surface area (Å²) < 4.78 is 29.1. The summed E-state index contributed by atoms with van der Waals surface area (Å²) in [6.07, 6.45) is 3.51. The molecule has 0 radical (unpaired) electrons. The number of rotatable bonds is 3. The van der Waals surface area contributed by atoms with E-state index in [-0.39, 0.29) is 29.3 Å². The standard InChI is InChI=1S/C17H28N4O3S.ClH/c1-13-5-4-7-20(11-13)25(23,24)15-9-16(19(3)12-15)17(22)21-8-6-18-10-14(21)2;/h9,12-14,18H,4-8,10-11H2,1-3H3;1H. The van der Waals surface area contributed by atoms with Gasteiger partial charge in [0.25, 0.3) is 5.91 Å². The highest BCUT2D eigenvalue weighted by Gasteiger charge is 2.32. The lowest BCUT2D eigenvalue weighted by atomic mass is 10.0. The van der Waals surface area contributed by atoms with Gasteiger partial charge in [0.1, 0.15) is 10.6 Å². The fourth-order valence-corrected chi connectivity index (χ4v) is 5.36. The highest BCUT2D eigenvalue weighted by molar-refractivity contribution is 7.89. The molecule has 0 saturated carbocycles. The van der Waals surface area contributed by atoms with E-state index < -0.39 is 10.0 Å². The van der Waals surface area contributed by atoms with Crippen LogP contribution in [0.4, 0.5) is 0 Å². The van der Waals surface area contributed by atoms with Gasteiger partial charge in [0.2, 0.25) is 10.0 Å². The minimum Gasteiger partial charge on any atom is -0.345 e. The molecule has 2 atom stereocenters. The fourth-order valence-electron chi connectivity index (χ4n) is 3.69. The van der Waals surface area contributed by atoms with E-state index in [0.717, 1.165) is 25.9 Å². The SMILES string of the molecule is CC1CCCN(S(=O)(=O)c2cc(C(=O)N3CCNCC3C)n(C)c2)C1.Cl. The smallest absolute Gasteiger partial charge is 0.270 e. The molecule has 148 valence electrons. The van der Waals surface area contributed by atoms with Crippen molar-refractivity contribution >= 4 is 28.3 Å². The maximum absolute atomic E-state index is 12.9. The van der Waals surface area contributed by atoms with Gasteiger partial charge in [0.15, 0.2) is 0 Å². The van der Waals surface area contributed by atoms with E-state index in [9.17, 15) is 13.2 Å². The summed E-state index contributed by atoms with van der Waals surface area (Å²) in [5.74, 6) is 0.264. The van der Waals surface area contributed by atoms with E-state index in [1.165, 1.54) is 6.07 Å². The lowest BCUT2D eigenvalue weighted by Gasteiger charge is -2.34. The summed E-state index contributed by atoms with van der Waals surface area (Å²) in [6, 6.07) is 1.63. The number of aryl methyl sites for hydroxylation is 1. The molecule has 7 nitrogen and oxygen atoms in total. The largest absolute Gasteiger partial charge is 0.345 e. The van der Waals surface area contributed by atoms with Crippen LogP contribution in [0.1, 0.15) is 37.2 Å². The molecule has 2 aliphatic rings. The number of piperidine rings is 1.